The van der Waals surface area contributed by atoms with Crippen molar-refractivity contribution in [3.63, 3.8) is 0 Å². The molecule has 0 saturated heterocycles. The first-order valence-electron chi connectivity index (χ1n) is 11.6. The van der Waals surface area contributed by atoms with Crippen LogP contribution in [-0.4, -0.2) is 23.5 Å². The van der Waals surface area contributed by atoms with Gasteiger partial charge >= 0.3 is 12.3 Å². The molecule has 0 aromatic heterocycles. The van der Waals surface area contributed by atoms with E-state index in [1.165, 1.54) is 18.2 Å². The number of ether oxygens (including phenoxy) is 2. The Kier molecular flexibility index (Phi) is 7.40. The lowest BCUT2D eigenvalue weighted by atomic mass is 9.80. The van der Waals surface area contributed by atoms with Gasteiger partial charge in [0.15, 0.2) is 0 Å². The summed E-state index contributed by atoms with van der Waals surface area (Å²) >= 11 is 0. The smallest absolute Gasteiger partial charge is 0.478 e. The van der Waals surface area contributed by atoms with Crippen LogP contribution in [0.5, 0.6) is 5.75 Å². The van der Waals surface area contributed by atoms with Crippen molar-refractivity contribution in [2.24, 2.45) is 0 Å². The molecule has 3 aromatic rings. The summed E-state index contributed by atoms with van der Waals surface area (Å²) in [6.45, 7) is 0. The maximum absolute atomic E-state index is 12.5. The van der Waals surface area contributed by atoms with Crippen LogP contribution in [0.3, 0.4) is 0 Å². The number of anilines is 2. The number of hydrogen-bond donors (Lipinski definition) is 3. The Labute approximate surface area is 206 Å². The fourth-order valence-electron chi connectivity index (χ4n) is 4.83. The van der Waals surface area contributed by atoms with Gasteiger partial charge in [0, 0.05) is 11.4 Å². The van der Waals surface area contributed by atoms with E-state index >= 15 is 0 Å². The van der Waals surface area contributed by atoms with Crippen LogP contribution >= 0.6 is 0 Å². The van der Waals surface area contributed by atoms with Gasteiger partial charge < -0.3 is 26.0 Å². The van der Waals surface area contributed by atoms with E-state index in [-0.39, 0.29) is 23.3 Å². The zero-order chi connectivity index (χ0) is 25.9. The highest BCUT2D eigenvalue weighted by molar-refractivity contribution is 5.93. The van der Waals surface area contributed by atoms with E-state index in [1.54, 1.807) is 18.2 Å². The monoisotopic (exact) mass is 500 g/mol. The molecule has 5 N–H and O–H groups in total. The van der Waals surface area contributed by atoms with Gasteiger partial charge in [-0.2, -0.15) is 0 Å². The summed E-state index contributed by atoms with van der Waals surface area (Å²) in [6.07, 6.45) is -2.66. The molecule has 1 fully saturated rings. The van der Waals surface area contributed by atoms with Gasteiger partial charge in [0.25, 0.3) is 0 Å². The van der Waals surface area contributed by atoms with Crippen molar-refractivity contribution < 1.29 is 32.5 Å². The Hall–Kier alpha value is -3.72. The Morgan fingerprint density at radius 1 is 0.917 bits per heavy atom. The molecule has 1 saturated carbocycles. The molecule has 0 amide bonds. The predicted octanol–water partition coefficient (Wildman–Crippen LogP) is 6.28. The topological polar surface area (TPSA) is 108 Å². The van der Waals surface area contributed by atoms with Gasteiger partial charge in [0.05, 0.1) is 11.7 Å². The number of rotatable bonds is 7. The molecule has 190 valence electrons. The quantitative estimate of drug-likeness (QED) is 0.330. The molecule has 0 bridgehead atoms. The maximum atomic E-state index is 12.5. The summed E-state index contributed by atoms with van der Waals surface area (Å²) in [5.41, 5.74) is 14.9. The number of carboxylic acid groups (broad SMARTS) is 1. The number of alkyl halides is 3. The highest BCUT2D eigenvalue weighted by Crippen LogP contribution is 2.41. The van der Waals surface area contributed by atoms with E-state index in [9.17, 15) is 23.1 Å². The normalized spacial score (nSPS) is 19.0. The molecular weight excluding hydrogens is 473 g/mol. The summed E-state index contributed by atoms with van der Waals surface area (Å²) < 4.78 is 48.1. The van der Waals surface area contributed by atoms with Crippen LogP contribution in [0.25, 0.3) is 0 Å². The zero-order valence-corrected chi connectivity index (χ0v) is 19.4. The summed E-state index contributed by atoms with van der Waals surface area (Å²) in [4.78, 5) is 11.8. The van der Waals surface area contributed by atoms with Crippen molar-refractivity contribution in [2.45, 2.75) is 50.2 Å². The lowest BCUT2D eigenvalue weighted by Gasteiger charge is -2.33. The Bertz CT molecular complexity index is 1190. The van der Waals surface area contributed by atoms with E-state index in [0.29, 0.717) is 48.2 Å². The van der Waals surface area contributed by atoms with Gasteiger partial charge in [-0.1, -0.05) is 42.5 Å². The van der Waals surface area contributed by atoms with E-state index in [4.69, 9.17) is 16.2 Å². The second-order valence-corrected chi connectivity index (χ2v) is 8.89. The molecule has 1 aliphatic rings. The van der Waals surface area contributed by atoms with Crippen LogP contribution in [0.15, 0.2) is 66.7 Å². The maximum Gasteiger partial charge on any atom is 0.573 e. The molecule has 0 radical (unpaired) electrons. The average Bonchev–Trinajstić information content (AvgIpc) is 2.83. The van der Waals surface area contributed by atoms with Crippen LogP contribution in [-0.2, 0) is 4.74 Å². The molecule has 0 aliphatic heterocycles. The summed E-state index contributed by atoms with van der Waals surface area (Å²) in [6, 6.07) is 18.2. The first-order chi connectivity index (χ1) is 17.1. The van der Waals surface area contributed by atoms with E-state index < -0.39 is 18.4 Å². The molecule has 3 aromatic carbocycles. The number of nitrogens with two attached hydrogens (primary N) is 2. The Morgan fingerprint density at radius 3 is 2.11 bits per heavy atom. The number of halogens is 3. The first-order valence-corrected chi connectivity index (χ1v) is 11.6. The van der Waals surface area contributed by atoms with Crippen LogP contribution in [0, 0.1) is 0 Å². The number of aromatic carboxylic acids is 1. The fraction of sp³-hybridized carbons (Fsp3) is 0.296. The molecule has 1 unspecified atom stereocenters. The number of benzene rings is 3. The average molecular weight is 501 g/mol. The fourth-order valence-corrected chi connectivity index (χ4v) is 4.83. The lowest BCUT2D eigenvalue weighted by molar-refractivity contribution is -0.274. The highest BCUT2D eigenvalue weighted by Gasteiger charge is 2.32. The third kappa shape index (κ3) is 6.09. The van der Waals surface area contributed by atoms with Crippen molar-refractivity contribution in [3.8, 4) is 5.75 Å². The van der Waals surface area contributed by atoms with Gasteiger partial charge in [0.1, 0.15) is 11.9 Å². The van der Waals surface area contributed by atoms with Crippen LogP contribution in [0.2, 0.25) is 0 Å². The Balaban J connectivity index is 1.50. The van der Waals surface area contributed by atoms with Crippen molar-refractivity contribution in [1.82, 2.24) is 0 Å². The third-order valence-corrected chi connectivity index (χ3v) is 6.39. The van der Waals surface area contributed by atoms with Crippen LogP contribution < -0.4 is 16.2 Å². The summed E-state index contributed by atoms with van der Waals surface area (Å²) in [7, 11) is 0. The van der Waals surface area contributed by atoms with E-state index in [2.05, 4.69) is 4.74 Å². The minimum absolute atomic E-state index is 0.0365. The molecule has 0 heterocycles. The van der Waals surface area contributed by atoms with E-state index in [0.717, 1.165) is 5.56 Å². The van der Waals surface area contributed by atoms with Gasteiger partial charge in [0.2, 0.25) is 0 Å². The molecule has 1 atom stereocenters. The molecule has 9 heteroatoms. The first kappa shape index (κ1) is 25.4. The zero-order valence-electron chi connectivity index (χ0n) is 19.4. The number of carbonyl (C=O) groups is 1. The SMILES string of the molecule is Nc1cc(N)c(C2CCC(OC(c3ccccc3)c3ccc(OC(F)(F)F)cc3)CC2)c(C(=O)O)c1. The largest absolute Gasteiger partial charge is 0.573 e. The van der Waals surface area contributed by atoms with Crippen molar-refractivity contribution in [2.75, 3.05) is 11.5 Å². The molecule has 6 nitrogen and oxygen atoms in total. The van der Waals surface area contributed by atoms with Gasteiger partial charge in [-0.15, -0.1) is 13.2 Å². The minimum Gasteiger partial charge on any atom is -0.478 e. The second-order valence-electron chi connectivity index (χ2n) is 8.89. The van der Waals surface area contributed by atoms with Gasteiger partial charge in [-0.3, -0.25) is 0 Å². The minimum atomic E-state index is -4.76. The molecule has 36 heavy (non-hydrogen) atoms. The Morgan fingerprint density at radius 2 is 1.53 bits per heavy atom. The van der Waals surface area contributed by atoms with Crippen LogP contribution in [0.4, 0.5) is 24.5 Å². The summed E-state index contributed by atoms with van der Waals surface area (Å²) in [5.74, 6) is -1.40. The summed E-state index contributed by atoms with van der Waals surface area (Å²) in [5, 5.41) is 9.64. The molecular formula is C27H27F3N2O4. The third-order valence-electron chi connectivity index (χ3n) is 6.39. The van der Waals surface area contributed by atoms with Gasteiger partial charge in [-0.25, -0.2) is 4.79 Å². The van der Waals surface area contributed by atoms with Gasteiger partial charge in [-0.05, 0) is 72.6 Å². The van der Waals surface area contributed by atoms with Crippen molar-refractivity contribution in [1.29, 1.82) is 0 Å². The molecule has 0 spiro atoms. The van der Waals surface area contributed by atoms with Crippen molar-refractivity contribution in [3.05, 3.63) is 89.0 Å². The van der Waals surface area contributed by atoms with Crippen LogP contribution in [0.1, 0.15) is 64.8 Å². The molecule has 4 rings (SSSR count). The van der Waals surface area contributed by atoms with Crippen molar-refractivity contribution >= 4 is 17.3 Å². The number of carboxylic acids is 1. The lowest BCUT2D eigenvalue weighted by Crippen LogP contribution is -2.25. The molecule has 1 aliphatic carbocycles. The standard InChI is InChI=1S/C27H27F3N2O4/c28-27(29,30)36-21-12-8-18(9-13-21)25(17-4-2-1-3-5-17)35-20-10-6-16(7-11-20)24-22(26(33)34)14-19(31)15-23(24)32/h1-5,8-9,12-16,20,25H,6-7,10-11,31-32H2,(H,33,34). The van der Waals surface area contributed by atoms with E-state index in [1.807, 2.05) is 30.3 Å². The second kappa shape index (κ2) is 10.5. The number of hydrogen-bond acceptors (Lipinski definition) is 5. The highest BCUT2D eigenvalue weighted by atomic mass is 19.4. The predicted molar refractivity (Wildman–Crippen MR) is 130 cm³/mol. The number of nitrogen functional groups attached to an aromatic ring is 2.